The molecule has 0 amide bonds. The Morgan fingerprint density at radius 2 is 2.22 bits per heavy atom. The monoisotopic (exact) mass is 309 g/mol. The van der Waals surface area contributed by atoms with E-state index < -0.39 is 0 Å². The summed E-state index contributed by atoms with van der Waals surface area (Å²) in [4.78, 5) is 17.3. The molecule has 0 spiro atoms. The quantitative estimate of drug-likeness (QED) is 0.619. The van der Waals surface area contributed by atoms with Gasteiger partial charge in [-0.15, -0.1) is 0 Å². The Kier molecular flexibility index (Phi) is 3.14. The predicted molar refractivity (Wildman–Crippen MR) is 84.0 cm³/mol. The van der Waals surface area contributed by atoms with Crippen molar-refractivity contribution < 1.29 is 4.52 Å². The molecule has 1 atom stereocenters. The van der Waals surface area contributed by atoms with Crippen molar-refractivity contribution >= 4 is 22.7 Å². The van der Waals surface area contributed by atoms with Gasteiger partial charge in [0, 0.05) is 18.6 Å². The minimum atomic E-state index is 0.00380. The Bertz CT molecular complexity index is 941. The maximum atomic E-state index is 5.19. The third-order valence-corrected chi connectivity index (χ3v) is 3.77. The maximum Gasteiger partial charge on any atom is 0.263 e. The first kappa shape index (κ1) is 13.6. The molecule has 4 aromatic rings. The minimum absolute atomic E-state index is 0.00380. The highest BCUT2D eigenvalue weighted by atomic mass is 16.5. The number of hydrogen-bond donors (Lipinski definition) is 1. The number of rotatable bonds is 4. The van der Waals surface area contributed by atoms with Gasteiger partial charge < -0.3 is 9.84 Å². The van der Waals surface area contributed by atoms with Crippen LogP contribution in [0.15, 0.2) is 35.5 Å². The third kappa shape index (κ3) is 2.28. The highest BCUT2D eigenvalue weighted by Gasteiger charge is 2.18. The molecule has 4 heterocycles. The number of imidazole rings is 1. The summed E-state index contributed by atoms with van der Waals surface area (Å²) in [5, 5.41) is 8.17. The first-order valence-electron chi connectivity index (χ1n) is 7.39. The van der Waals surface area contributed by atoms with E-state index in [2.05, 4.69) is 37.3 Å². The Labute approximate surface area is 131 Å². The van der Waals surface area contributed by atoms with Crippen molar-refractivity contribution in [3.8, 4) is 0 Å². The number of nitrogens with zero attached hydrogens (tertiary/aromatic N) is 6. The van der Waals surface area contributed by atoms with Gasteiger partial charge in [0.2, 0.25) is 5.78 Å². The highest BCUT2D eigenvalue weighted by Crippen LogP contribution is 2.27. The molecule has 116 valence electrons. The van der Waals surface area contributed by atoms with E-state index in [1.807, 2.05) is 29.8 Å². The lowest BCUT2D eigenvalue weighted by atomic mass is 10.1. The Balaban J connectivity index is 1.73. The van der Waals surface area contributed by atoms with Crippen LogP contribution in [0, 0.1) is 6.92 Å². The second-order valence-corrected chi connectivity index (χ2v) is 5.27. The number of aryl methyl sites for hydroxylation is 1. The van der Waals surface area contributed by atoms with E-state index in [9.17, 15) is 0 Å². The van der Waals surface area contributed by atoms with Crippen LogP contribution >= 0.6 is 0 Å². The van der Waals surface area contributed by atoms with Gasteiger partial charge in [-0.25, -0.2) is 15.0 Å². The summed E-state index contributed by atoms with van der Waals surface area (Å²) in [5.41, 5.74) is 2.15. The molecular formula is C15H15N7O. The average molecular weight is 309 g/mol. The molecule has 0 aliphatic carbocycles. The molecule has 4 rings (SSSR count). The van der Waals surface area contributed by atoms with Crippen molar-refractivity contribution in [2.24, 2.45) is 0 Å². The van der Waals surface area contributed by atoms with Crippen molar-refractivity contribution in [2.75, 3.05) is 5.32 Å². The van der Waals surface area contributed by atoms with Crippen LogP contribution in [0.1, 0.15) is 30.8 Å². The van der Waals surface area contributed by atoms with E-state index in [4.69, 9.17) is 4.52 Å². The molecule has 1 N–H and O–H groups in total. The summed E-state index contributed by atoms with van der Waals surface area (Å²) in [5.74, 6) is 1.38. The largest absolute Gasteiger partial charge is 0.361 e. The van der Waals surface area contributed by atoms with Crippen LogP contribution in [-0.2, 0) is 0 Å². The summed E-state index contributed by atoms with van der Waals surface area (Å²) in [6.45, 7) is 3.96. The van der Waals surface area contributed by atoms with Gasteiger partial charge in [0.05, 0.1) is 17.4 Å². The van der Waals surface area contributed by atoms with Crippen LogP contribution < -0.4 is 5.32 Å². The first-order valence-corrected chi connectivity index (χ1v) is 7.39. The molecule has 8 heteroatoms. The van der Waals surface area contributed by atoms with Gasteiger partial charge in [0.1, 0.15) is 17.5 Å². The Hall–Kier alpha value is -3.03. The Morgan fingerprint density at radius 1 is 1.30 bits per heavy atom. The zero-order valence-electron chi connectivity index (χ0n) is 12.8. The van der Waals surface area contributed by atoms with Crippen LogP contribution in [0.3, 0.4) is 0 Å². The molecule has 0 saturated carbocycles. The standard InChI is InChI=1S/C15H15N7O/c1-3-10(11-7-22-6-4-5-16-15(22)20-11)19-13-12-9(2)21-23-14(12)18-8-17-13/h4-8,10H,3H2,1-2H3,(H,17,18,19)/t10-/m1/s1. The van der Waals surface area contributed by atoms with E-state index in [-0.39, 0.29) is 6.04 Å². The van der Waals surface area contributed by atoms with E-state index in [0.717, 1.165) is 23.2 Å². The molecular weight excluding hydrogens is 294 g/mol. The number of hydrogen-bond acceptors (Lipinski definition) is 7. The van der Waals surface area contributed by atoms with Gasteiger partial charge in [-0.3, -0.25) is 4.40 Å². The minimum Gasteiger partial charge on any atom is -0.361 e. The van der Waals surface area contributed by atoms with Crippen LogP contribution in [0.2, 0.25) is 0 Å². The predicted octanol–water partition coefficient (Wildman–Crippen LogP) is 2.53. The number of anilines is 1. The summed E-state index contributed by atoms with van der Waals surface area (Å²) < 4.78 is 7.09. The van der Waals surface area contributed by atoms with E-state index in [0.29, 0.717) is 17.3 Å². The molecule has 0 aliphatic heterocycles. The molecule has 23 heavy (non-hydrogen) atoms. The number of fused-ring (bicyclic) bond motifs is 2. The fourth-order valence-corrected chi connectivity index (χ4v) is 2.60. The van der Waals surface area contributed by atoms with Crippen LogP contribution in [-0.4, -0.2) is 29.5 Å². The van der Waals surface area contributed by atoms with Gasteiger partial charge in [-0.2, -0.15) is 4.98 Å². The molecule has 0 bridgehead atoms. The zero-order chi connectivity index (χ0) is 15.8. The fraction of sp³-hybridized carbons (Fsp3) is 0.267. The van der Waals surface area contributed by atoms with Gasteiger partial charge >= 0.3 is 0 Å². The van der Waals surface area contributed by atoms with Crippen LogP contribution in [0.4, 0.5) is 5.82 Å². The first-order chi connectivity index (χ1) is 11.3. The van der Waals surface area contributed by atoms with Crippen LogP contribution in [0.5, 0.6) is 0 Å². The topological polar surface area (TPSA) is 94.0 Å². The summed E-state index contributed by atoms with van der Waals surface area (Å²) >= 11 is 0. The summed E-state index contributed by atoms with van der Waals surface area (Å²) in [6, 6.07) is 1.88. The van der Waals surface area contributed by atoms with Crippen molar-refractivity contribution in [1.29, 1.82) is 0 Å². The van der Waals surface area contributed by atoms with Gasteiger partial charge in [-0.1, -0.05) is 12.1 Å². The van der Waals surface area contributed by atoms with E-state index >= 15 is 0 Å². The smallest absolute Gasteiger partial charge is 0.263 e. The molecule has 0 aliphatic rings. The Morgan fingerprint density at radius 3 is 3.04 bits per heavy atom. The molecule has 4 aromatic heterocycles. The van der Waals surface area contributed by atoms with Crippen molar-refractivity contribution in [3.63, 3.8) is 0 Å². The third-order valence-electron chi connectivity index (χ3n) is 3.77. The van der Waals surface area contributed by atoms with Gasteiger partial charge in [0.25, 0.3) is 5.71 Å². The molecule has 0 aromatic carbocycles. The molecule has 0 fully saturated rings. The second-order valence-electron chi connectivity index (χ2n) is 5.27. The lowest BCUT2D eigenvalue weighted by Gasteiger charge is -2.15. The number of aromatic nitrogens is 6. The lowest BCUT2D eigenvalue weighted by Crippen LogP contribution is -2.11. The normalized spacial score (nSPS) is 12.8. The lowest BCUT2D eigenvalue weighted by molar-refractivity contribution is 0.442. The van der Waals surface area contributed by atoms with Crippen molar-refractivity contribution in [2.45, 2.75) is 26.3 Å². The second kappa shape index (κ2) is 5.31. The van der Waals surface area contributed by atoms with Gasteiger partial charge in [-0.05, 0) is 19.4 Å². The average Bonchev–Trinajstić information content (AvgIpc) is 3.17. The van der Waals surface area contributed by atoms with E-state index in [1.54, 1.807) is 6.20 Å². The highest BCUT2D eigenvalue weighted by molar-refractivity contribution is 5.87. The molecule has 8 nitrogen and oxygen atoms in total. The zero-order valence-corrected chi connectivity index (χ0v) is 12.8. The van der Waals surface area contributed by atoms with Crippen molar-refractivity contribution in [1.82, 2.24) is 29.5 Å². The fourth-order valence-electron chi connectivity index (χ4n) is 2.60. The number of nitrogens with one attached hydrogen (secondary N) is 1. The SMILES string of the molecule is CC[C@@H](Nc1ncnc2onc(C)c12)c1cn2cccnc2n1. The molecule has 0 saturated heterocycles. The maximum absolute atomic E-state index is 5.19. The van der Waals surface area contributed by atoms with Crippen LogP contribution in [0.25, 0.3) is 16.9 Å². The van der Waals surface area contributed by atoms with Crippen molar-refractivity contribution in [3.05, 3.63) is 42.4 Å². The summed E-state index contributed by atoms with van der Waals surface area (Å²) in [7, 11) is 0. The molecule has 0 radical (unpaired) electrons. The van der Waals surface area contributed by atoms with Gasteiger partial charge in [0.15, 0.2) is 0 Å². The summed E-state index contributed by atoms with van der Waals surface area (Å²) in [6.07, 6.45) is 7.95. The van der Waals surface area contributed by atoms with E-state index in [1.165, 1.54) is 6.33 Å². The molecule has 0 unspecified atom stereocenters.